The molecule has 0 aromatic rings. The zero-order valence-electron chi connectivity index (χ0n) is 11.0. The molecule has 1 saturated heterocycles. The molecule has 3 nitrogen and oxygen atoms in total. The Morgan fingerprint density at radius 3 is 2.65 bits per heavy atom. The Hall–Kier alpha value is 0.0700. The molecular formula is C12H25ClN2OS. The number of hydrogen-bond donors (Lipinski definition) is 1. The Labute approximate surface area is 115 Å². The fourth-order valence-corrected chi connectivity index (χ4v) is 3.11. The van der Waals surface area contributed by atoms with E-state index in [2.05, 4.69) is 13.8 Å². The molecule has 2 unspecified atom stereocenters. The van der Waals surface area contributed by atoms with Gasteiger partial charge in [0, 0.05) is 36.6 Å². The molecule has 1 aliphatic heterocycles. The summed E-state index contributed by atoms with van der Waals surface area (Å²) in [5.41, 5.74) is 5.67. The summed E-state index contributed by atoms with van der Waals surface area (Å²) < 4.78 is 0. The maximum absolute atomic E-state index is 11.9. The second-order valence-electron chi connectivity index (χ2n) is 5.01. The largest absolute Gasteiger partial charge is 0.341 e. The molecule has 1 amide bonds. The average Bonchev–Trinajstić information content (AvgIpc) is 2.26. The van der Waals surface area contributed by atoms with E-state index in [0.29, 0.717) is 17.6 Å². The number of nitrogens with zero attached hydrogens (tertiary/aromatic N) is 1. The molecule has 0 aromatic heterocycles. The first-order valence-corrected chi connectivity index (χ1v) is 7.20. The predicted molar refractivity (Wildman–Crippen MR) is 77.8 cm³/mol. The summed E-state index contributed by atoms with van der Waals surface area (Å²) in [7, 11) is 0. The third-order valence-electron chi connectivity index (χ3n) is 3.00. The topological polar surface area (TPSA) is 46.3 Å². The van der Waals surface area contributed by atoms with Gasteiger partial charge in [-0.25, -0.2) is 0 Å². The van der Waals surface area contributed by atoms with Crippen molar-refractivity contribution in [3.8, 4) is 0 Å². The summed E-state index contributed by atoms with van der Waals surface area (Å²) >= 11 is 2.00. The molecule has 17 heavy (non-hydrogen) atoms. The van der Waals surface area contributed by atoms with E-state index in [4.69, 9.17) is 5.73 Å². The standard InChI is InChI=1S/C12H24N2OS.ClH/c1-9(2)11-8-14(6-7-16-11)12(15)5-4-10(3)13;/h9-11H,4-8,13H2,1-3H3;1H. The molecule has 0 saturated carbocycles. The van der Waals surface area contributed by atoms with Crippen LogP contribution in [0.15, 0.2) is 0 Å². The van der Waals surface area contributed by atoms with Gasteiger partial charge in [-0.2, -0.15) is 11.8 Å². The number of nitrogens with two attached hydrogens (primary N) is 1. The van der Waals surface area contributed by atoms with E-state index in [0.717, 1.165) is 25.3 Å². The molecule has 0 aromatic carbocycles. The van der Waals surface area contributed by atoms with Crippen LogP contribution in [0, 0.1) is 5.92 Å². The highest BCUT2D eigenvalue weighted by molar-refractivity contribution is 8.00. The van der Waals surface area contributed by atoms with Crippen molar-refractivity contribution in [2.45, 2.75) is 44.9 Å². The van der Waals surface area contributed by atoms with Crippen molar-refractivity contribution < 1.29 is 4.79 Å². The second kappa shape index (κ2) is 8.22. The number of carbonyl (C=O) groups excluding carboxylic acids is 1. The molecule has 102 valence electrons. The predicted octanol–water partition coefficient (Wildman–Crippen LogP) is 2.14. The smallest absolute Gasteiger partial charge is 0.222 e. The van der Waals surface area contributed by atoms with Crippen LogP contribution in [0.5, 0.6) is 0 Å². The lowest BCUT2D eigenvalue weighted by Gasteiger charge is -2.34. The highest BCUT2D eigenvalue weighted by Crippen LogP contribution is 2.25. The zero-order chi connectivity index (χ0) is 12.1. The van der Waals surface area contributed by atoms with Gasteiger partial charge in [-0.05, 0) is 19.3 Å². The van der Waals surface area contributed by atoms with Crippen molar-refractivity contribution in [3.63, 3.8) is 0 Å². The Balaban J connectivity index is 0.00000256. The van der Waals surface area contributed by atoms with Crippen molar-refractivity contribution in [2.75, 3.05) is 18.8 Å². The van der Waals surface area contributed by atoms with Crippen LogP contribution < -0.4 is 5.73 Å². The van der Waals surface area contributed by atoms with Crippen LogP contribution in [0.4, 0.5) is 0 Å². The van der Waals surface area contributed by atoms with Gasteiger partial charge < -0.3 is 10.6 Å². The van der Waals surface area contributed by atoms with E-state index in [1.165, 1.54) is 0 Å². The summed E-state index contributed by atoms with van der Waals surface area (Å²) in [4.78, 5) is 13.9. The monoisotopic (exact) mass is 280 g/mol. The van der Waals surface area contributed by atoms with Crippen LogP contribution in [0.25, 0.3) is 0 Å². The molecule has 1 heterocycles. The molecule has 1 fully saturated rings. The molecule has 1 rings (SSSR count). The number of rotatable bonds is 4. The molecule has 2 atom stereocenters. The highest BCUT2D eigenvalue weighted by atomic mass is 35.5. The Bertz CT molecular complexity index is 237. The number of thioether (sulfide) groups is 1. The van der Waals surface area contributed by atoms with Gasteiger partial charge >= 0.3 is 0 Å². The summed E-state index contributed by atoms with van der Waals surface area (Å²) in [5.74, 6) is 2.00. The van der Waals surface area contributed by atoms with Gasteiger partial charge in [0.2, 0.25) is 5.91 Å². The number of carbonyl (C=O) groups is 1. The summed E-state index contributed by atoms with van der Waals surface area (Å²) in [6, 6.07) is 0.129. The maximum Gasteiger partial charge on any atom is 0.222 e. The van der Waals surface area contributed by atoms with E-state index < -0.39 is 0 Å². The van der Waals surface area contributed by atoms with Crippen LogP contribution in [-0.4, -0.2) is 40.9 Å². The van der Waals surface area contributed by atoms with Gasteiger partial charge in [-0.3, -0.25) is 4.79 Å². The highest BCUT2D eigenvalue weighted by Gasteiger charge is 2.25. The minimum Gasteiger partial charge on any atom is -0.341 e. The minimum absolute atomic E-state index is 0. The molecule has 0 spiro atoms. The third-order valence-corrected chi connectivity index (χ3v) is 4.54. The van der Waals surface area contributed by atoms with Crippen LogP contribution in [0.1, 0.15) is 33.6 Å². The quantitative estimate of drug-likeness (QED) is 0.858. The summed E-state index contributed by atoms with van der Waals surface area (Å²) in [6.45, 7) is 8.24. The van der Waals surface area contributed by atoms with Gasteiger partial charge in [0.05, 0.1) is 0 Å². The molecule has 5 heteroatoms. The number of amides is 1. The lowest BCUT2D eigenvalue weighted by Crippen LogP contribution is -2.43. The fraction of sp³-hybridized carbons (Fsp3) is 0.917. The van der Waals surface area contributed by atoms with E-state index in [1.54, 1.807) is 0 Å². The summed E-state index contributed by atoms with van der Waals surface area (Å²) in [6.07, 6.45) is 1.40. The van der Waals surface area contributed by atoms with E-state index >= 15 is 0 Å². The van der Waals surface area contributed by atoms with Crippen molar-refractivity contribution in [2.24, 2.45) is 11.7 Å². The van der Waals surface area contributed by atoms with E-state index in [1.807, 2.05) is 23.6 Å². The third kappa shape index (κ3) is 5.98. The van der Waals surface area contributed by atoms with Crippen molar-refractivity contribution in [1.82, 2.24) is 4.90 Å². The van der Waals surface area contributed by atoms with Crippen LogP contribution in [0.2, 0.25) is 0 Å². The molecule has 2 N–H and O–H groups in total. The van der Waals surface area contributed by atoms with Gasteiger partial charge in [0.15, 0.2) is 0 Å². The molecule has 1 aliphatic rings. The first-order chi connectivity index (χ1) is 7.50. The molecular weight excluding hydrogens is 256 g/mol. The van der Waals surface area contributed by atoms with Crippen molar-refractivity contribution in [1.29, 1.82) is 0 Å². The van der Waals surface area contributed by atoms with Crippen molar-refractivity contribution >= 4 is 30.1 Å². The van der Waals surface area contributed by atoms with Crippen molar-refractivity contribution in [3.05, 3.63) is 0 Å². The molecule has 0 radical (unpaired) electrons. The molecule has 0 bridgehead atoms. The van der Waals surface area contributed by atoms with E-state index in [9.17, 15) is 4.79 Å². The first-order valence-electron chi connectivity index (χ1n) is 6.15. The second-order valence-corrected chi connectivity index (χ2v) is 6.36. The lowest BCUT2D eigenvalue weighted by molar-refractivity contribution is -0.131. The average molecular weight is 281 g/mol. The normalized spacial score (nSPS) is 22.2. The zero-order valence-corrected chi connectivity index (χ0v) is 12.6. The van der Waals surface area contributed by atoms with E-state index in [-0.39, 0.29) is 24.4 Å². The minimum atomic E-state index is 0. The van der Waals surface area contributed by atoms with Gasteiger partial charge in [0.1, 0.15) is 0 Å². The Morgan fingerprint density at radius 1 is 1.47 bits per heavy atom. The number of halogens is 1. The first kappa shape index (κ1) is 17.1. The molecule has 0 aliphatic carbocycles. The fourth-order valence-electron chi connectivity index (χ4n) is 1.81. The van der Waals surface area contributed by atoms with Crippen LogP contribution in [-0.2, 0) is 4.79 Å². The Kier molecular flexibility index (Phi) is 8.25. The van der Waals surface area contributed by atoms with Crippen LogP contribution in [0.3, 0.4) is 0 Å². The summed E-state index contributed by atoms with van der Waals surface area (Å²) in [5, 5.41) is 0.605. The van der Waals surface area contributed by atoms with Gasteiger partial charge in [-0.1, -0.05) is 13.8 Å². The van der Waals surface area contributed by atoms with Gasteiger partial charge in [0.25, 0.3) is 0 Å². The Morgan fingerprint density at radius 2 is 2.12 bits per heavy atom. The van der Waals surface area contributed by atoms with Gasteiger partial charge in [-0.15, -0.1) is 12.4 Å². The van der Waals surface area contributed by atoms with Crippen LogP contribution >= 0.6 is 24.2 Å². The lowest BCUT2D eigenvalue weighted by atomic mass is 10.1. The number of hydrogen-bond acceptors (Lipinski definition) is 3. The maximum atomic E-state index is 11.9. The SMILES string of the molecule is CC(N)CCC(=O)N1CCSC(C(C)C)C1.Cl.